The van der Waals surface area contributed by atoms with E-state index in [1.165, 1.54) is 11.3 Å². The fourth-order valence-electron chi connectivity index (χ4n) is 2.75. The van der Waals surface area contributed by atoms with Crippen LogP contribution in [0.4, 0.5) is 5.69 Å². The number of aryl methyl sites for hydroxylation is 2. The summed E-state index contributed by atoms with van der Waals surface area (Å²) < 4.78 is 5.74. The van der Waals surface area contributed by atoms with Crippen molar-refractivity contribution in [1.29, 1.82) is 0 Å². The lowest BCUT2D eigenvalue weighted by Crippen LogP contribution is -2.26. The zero-order chi connectivity index (χ0) is 19.6. The van der Waals surface area contributed by atoms with Gasteiger partial charge in [-0.25, -0.2) is 4.98 Å². The SMILES string of the molecule is Cc1cccc(N(C)C(=O)c2sc(COc3ccc(Cl)cc3)nc2C)c1C. The smallest absolute Gasteiger partial charge is 0.270 e. The van der Waals surface area contributed by atoms with Crippen LogP contribution in [0.3, 0.4) is 0 Å². The molecule has 0 fully saturated rings. The highest BCUT2D eigenvalue weighted by Gasteiger charge is 2.21. The molecular formula is C21H21ClN2O2S. The Morgan fingerprint density at radius 2 is 1.85 bits per heavy atom. The molecule has 6 heteroatoms. The van der Waals surface area contributed by atoms with Crippen LogP contribution in [0.1, 0.15) is 31.5 Å². The van der Waals surface area contributed by atoms with E-state index in [1.54, 1.807) is 24.1 Å². The predicted octanol–water partition coefficient (Wildman–Crippen LogP) is 5.58. The topological polar surface area (TPSA) is 42.4 Å². The van der Waals surface area contributed by atoms with Crippen molar-refractivity contribution in [3.05, 3.63) is 74.2 Å². The molecule has 4 nitrogen and oxygen atoms in total. The molecule has 0 aliphatic carbocycles. The number of ether oxygens (including phenoxy) is 1. The highest BCUT2D eigenvalue weighted by molar-refractivity contribution is 7.13. The van der Waals surface area contributed by atoms with Crippen LogP contribution in [0.25, 0.3) is 0 Å². The van der Waals surface area contributed by atoms with Crippen LogP contribution in [0.5, 0.6) is 5.75 Å². The third-order valence-electron chi connectivity index (χ3n) is 4.45. The van der Waals surface area contributed by atoms with Gasteiger partial charge in [-0.05, 0) is 62.2 Å². The van der Waals surface area contributed by atoms with Gasteiger partial charge in [0.15, 0.2) is 0 Å². The van der Waals surface area contributed by atoms with Crippen molar-refractivity contribution in [2.45, 2.75) is 27.4 Å². The summed E-state index contributed by atoms with van der Waals surface area (Å²) in [6.07, 6.45) is 0. The average Bonchev–Trinajstić information content (AvgIpc) is 3.03. The van der Waals surface area contributed by atoms with E-state index in [-0.39, 0.29) is 5.91 Å². The lowest BCUT2D eigenvalue weighted by atomic mass is 10.1. The zero-order valence-electron chi connectivity index (χ0n) is 15.7. The molecule has 140 valence electrons. The van der Waals surface area contributed by atoms with Crippen molar-refractivity contribution in [2.24, 2.45) is 0 Å². The fourth-order valence-corrected chi connectivity index (χ4v) is 3.83. The van der Waals surface area contributed by atoms with Gasteiger partial charge in [-0.15, -0.1) is 11.3 Å². The van der Waals surface area contributed by atoms with E-state index in [9.17, 15) is 4.79 Å². The molecule has 0 saturated carbocycles. The molecule has 0 radical (unpaired) electrons. The lowest BCUT2D eigenvalue weighted by molar-refractivity contribution is 0.0996. The van der Waals surface area contributed by atoms with E-state index >= 15 is 0 Å². The number of carbonyl (C=O) groups is 1. The Morgan fingerprint density at radius 3 is 2.56 bits per heavy atom. The summed E-state index contributed by atoms with van der Waals surface area (Å²) >= 11 is 7.25. The minimum absolute atomic E-state index is 0.0588. The van der Waals surface area contributed by atoms with E-state index in [4.69, 9.17) is 16.3 Å². The predicted molar refractivity (Wildman–Crippen MR) is 111 cm³/mol. The largest absolute Gasteiger partial charge is 0.486 e. The second-order valence-electron chi connectivity index (χ2n) is 6.35. The number of nitrogens with zero attached hydrogens (tertiary/aromatic N) is 2. The summed E-state index contributed by atoms with van der Waals surface area (Å²) in [6.45, 7) is 6.24. The van der Waals surface area contributed by atoms with E-state index in [1.807, 2.05) is 51.1 Å². The van der Waals surface area contributed by atoms with Crippen LogP contribution >= 0.6 is 22.9 Å². The molecule has 1 heterocycles. The number of carbonyl (C=O) groups excluding carboxylic acids is 1. The van der Waals surface area contributed by atoms with E-state index in [0.717, 1.165) is 27.5 Å². The number of anilines is 1. The van der Waals surface area contributed by atoms with Gasteiger partial charge in [-0.2, -0.15) is 0 Å². The molecule has 0 N–H and O–H groups in total. The average molecular weight is 401 g/mol. The standard InChI is InChI=1S/C21H21ClN2O2S/c1-13-6-5-7-18(14(13)2)24(4)21(25)20-15(3)23-19(27-20)12-26-17-10-8-16(22)9-11-17/h5-11H,12H2,1-4H3. The number of hydrogen-bond donors (Lipinski definition) is 0. The fraction of sp³-hybridized carbons (Fsp3) is 0.238. The number of hydrogen-bond acceptors (Lipinski definition) is 4. The maximum absolute atomic E-state index is 13.0. The third-order valence-corrected chi connectivity index (χ3v) is 5.82. The van der Waals surface area contributed by atoms with E-state index in [0.29, 0.717) is 22.3 Å². The summed E-state index contributed by atoms with van der Waals surface area (Å²) in [6, 6.07) is 13.1. The number of halogens is 1. The molecule has 0 aliphatic rings. The van der Waals surface area contributed by atoms with Crippen molar-refractivity contribution in [3.8, 4) is 5.75 Å². The Hall–Kier alpha value is -2.37. The first kappa shape index (κ1) is 19.4. The maximum Gasteiger partial charge on any atom is 0.270 e. The highest BCUT2D eigenvalue weighted by atomic mass is 35.5. The molecule has 0 spiro atoms. The van der Waals surface area contributed by atoms with Crippen LogP contribution in [-0.4, -0.2) is 17.9 Å². The van der Waals surface area contributed by atoms with Crippen LogP contribution in [-0.2, 0) is 6.61 Å². The second kappa shape index (κ2) is 8.11. The van der Waals surface area contributed by atoms with Crippen molar-refractivity contribution in [3.63, 3.8) is 0 Å². The molecule has 0 unspecified atom stereocenters. The van der Waals surface area contributed by atoms with E-state index in [2.05, 4.69) is 4.98 Å². The first-order chi connectivity index (χ1) is 12.9. The summed E-state index contributed by atoms with van der Waals surface area (Å²) in [4.78, 5) is 19.8. The Morgan fingerprint density at radius 1 is 1.15 bits per heavy atom. The van der Waals surface area contributed by atoms with Crippen molar-refractivity contribution < 1.29 is 9.53 Å². The number of thiazole rings is 1. The minimum Gasteiger partial charge on any atom is -0.486 e. The van der Waals surface area contributed by atoms with E-state index < -0.39 is 0 Å². The molecule has 0 aliphatic heterocycles. The summed E-state index contributed by atoms with van der Waals surface area (Å²) in [5.41, 5.74) is 3.88. The summed E-state index contributed by atoms with van der Waals surface area (Å²) in [7, 11) is 1.80. The highest BCUT2D eigenvalue weighted by Crippen LogP contribution is 2.27. The van der Waals surface area contributed by atoms with Gasteiger partial charge in [-0.1, -0.05) is 23.7 Å². The second-order valence-corrected chi connectivity index (χ2v) is 7.87. The first-order valence-corrected chi connectivity index (χ1v) is 9.75. The van der Waals surface area contributed by atoms with Crippen molar-refractivity contribution in [1.82, 2.24) is 4.98 Å². The Kier molecular flexibility index (Phi) is 5.82. The first-order valence-electron chi connectivity index (χ1n) is 8.55. The molecule has 0 atom stereocenters. The lowest BCUT2D eigenvalue weighted by Gasteiger charge is -2.20. The third kappa shape index (κ3) is 4.31. The van der Waals surface area contributed by atoms with Crippen LogP contribution in [0.15, 0.2) is 42.5 Å². The van der Waals surface area contributed by atoms with Crippen LogP contribution in [0, 0.1) is 20.8 Å². The molecule has 1 amide bonds. The molecule has 27 heavy (non-hydrogen) atoms. The number of amides is 1. The van der Waals surface area contributed by atoms with Gasteiger partial charge in [0.25, 0.3) is 5.91 Å². The quantitative estimate of drug-likeness (QED) is 0.561. The molecule has 0 bridgehead atoms. The Bertz CT molecular complexity index is 967. The van der Waals surface area contributed by atoms with Gasteiger partial charge in [0.1, 0.15) is 22.2 Å². The monoisotopic (exact) mass is 400 g/mol. The van der Waals surface area contributed by atoms with Gasteiger partial charge in [-0.3, -0.25) is 4.79 Å². The maximum atomic E-state index is 13.0. The zero-order valence-corrected chi connectivity index (χ0v) is 17.3. The number of rotatable bonds is 5. The van der Waals surface area contributed by atoms with Crippen molar-refractivity contribution >= 4 is 34.5 Å². The molecule has 2 aromatic carbocycles. The molecular weight excluding hydrogens is 380 g/mol. The number of aromatic nitrogens is 1. The van der Waals surface area contributed by atoms with Gasteiger partial charge < -0.3 is 9.64 Å². The molecule has 1 aromatic heterocycles. The van der Waals surface area contributed by atoms with Crippen LogP contribution < -0.4 is 9.64 Å². The van der Waals surface area contributed by atoms with Crippen molar-refractivity contribution in [2.75, 3.05) is 11.9 Å². The Balaban J connectivity index is 1.76. The molecule has 3 aromatic rings. The van der Waals surface area contributed by atoms with Gasteiger partial charge in [0.05, 0.1) is 5.69 Å². The van der Waals surface area contributed by atoms with Gasteiger partial charge in [0, 0.05) is 17.8 Å². The van der Waals surface area contributed by atoms with Gasteiger partial charge >= 0.3 is 0 Å². The summed E-state index contributed by atoms with van der Waals surface area (Å²) in [5.74, 6) is 0.657. The number of benzene rings is 2. The van der Waals surface area contributed by atoms with Crippen LogP contribution in [0.2, 0.25) is 5.02 Å². The summed E-state index contributed by atoms with van der Waals surface area (Å²) in [5, 5.41) is 1.43. The normalized spacial score (nSPS) is 10.7. The minimum atomic E-state index is -0.0588. The molecule has 3 rings (SSSR count). The van der Waals surface area contributed by atoms with Gasteiger partial charge in [0.2, 0.25) is 0 Å². The Labute approximate surface area is 168 Å². The molecule has 0 saturated heterocycles.